The molecule has 1 aliphatic heterocycles. The van der Waals surface area contributed by atoms with E-state index in [1.54, 1.807) is 0 Å². The van der Waals surface area contributed by atoms with Crippen LogP contribution in [0.2, 0.25) is 0 Å². The van der Waals surface area contributed by atoms with E-state index in [0.29, 0.717) is 6.67 Å². The highest BCUT2D eigenvalue weighted by molar-refractivity contribution is 6.10. The van der Waals surface area contributed by atoms with Gasteiger partial charge >= 0.3 is 0 Å². The summed E-state index contributed by atoms with van der Waals surface area (Å²) in [6.07, 6.45) is 5.54. The molecule has 0 saturated carbocycles. The molecule has 57 heavy (non-hydrogen) atoms. The van der Waals surface area contributed by atoms with Crippen LogP contribution in [0.5, 0.6) is 11.5 Å². The van der Waals surface area contributed by atoms with E-state index >= 15 is 0 Å². The number of benzene rings is 6. The second-order valence-corrected chi connectivity index (χ2v) is 14.1. The summed E-state index contributed by atoms with van der Waals surface area (Å²) in [6, 6.07) is 60.8. The molecular weight excluding hydrogens is 701 g/mol. The minimum absolute atomic E-state index is 0.562. The number of aromatic nitrogens is 4. The number of anilines is 4. The smallest absolute Gasteiger partial charge is 0.137 e. The van der Waals surface area contributed by atoms with Gasteiger partial charge < -0.3 is 14.5 Å². The number of hydrogen-bond acceptors (Lipinski definition) is 6. The number of para-hydroxylation sites is 2. The molecule has 0 amide bonds. The lowest BCUT2D eigenvalue weighted by Gasteiger charge is -2.27. The number of nitrogens with zero attached hydrogens (tertiary/aromatic N) is 6. The summed E-state index contributed by atoms with van der Waals surface area (Å²) in [5, 5.41) is 4.67. The Hall–Kier alpha value is -7.77. The van der Waals surface area contributed by atoms with Crippen LogP contribution in [0.1, 0.15) is 0 Å². The molecule has 6 aromatic carbocycles. The van der Waals surface area contributed by atoms with Crippen LogP contribution < -0.4 is 14.5 Å². The lowest BCUT2D eigenvalue weighted by molar-refractivity contribution is 0.483. The molecule has 0 aliphatic carbocycles. The van der Waals surface area contributed by atoms with Crippen LogP contribution in [-0.2, 0) is 0 Å². The fourth-order valence-electron chi connectivity index (χ4n) is 8.33. The zero-order chi connectivity index (χ0) is 37.7. The Morgan fingerprint density at radius 2 is 1.11 bits per heavy atom. The van der Waals surface area contributed by atoms with Crippen LogP contribution in [0.3, 0.4) is 0 Å². The third-order valence-corrected chi connectivity index (χ3v) is 10.8. The highest BCUT2D eigenvalue weighted by Crippen LogP contribution is 2.52. The molecule has 1 aliphatic rings. The normalized spacial score (nSPS) is 12.4. The van der Waals surface area contributed by atoms with Crippen molar-refractivity contribution in [1.82, 2.24) is 19.5 Å². The first-order valence-corrected chi connectivity index (χ1v) is 19.0. The molecule has 0 radical (unpaired) electrons. The topological polar surface area (TPSA) is 59.3 Å². The van der Waals surface area contributed by atoms with Crippen LogP contribution in [0.4, 0.5) is 22.7 Å². The number of fused-ring (bicyclic) bond motifs is 6. The number of ether oxygens (including phenoxy) is 1. The fraction of sp³-hybridized carbons (Fsp3) is 0.0200. The van der Waals surface area contributed by atoms with Crippen molar-refractivity contribution in [2.75, 3.05) is 16.5 Å². The van der Waals surface area contributed by atoms with Gasteiger partial charge in [0.15, 0.2) is 0 Å². The molecule has 0 unspecified atom stereocenters. The van der Waals surface area contributed by atoms with Crippen molar-refractivity contribution in [1.29, 1.82) is 0 Å². The molecule has 10 aromatic rings. The van der Waals surface area contributed by atoms with Crippen LogP contribution in [0.15, 0.2) is 195 Å². The molecule has 0 saturated heterocycles. The Balaban J connectivity index is 1.03. The molecule has 7 heteroatoms. The molecule has 5 heterocycles. The summed E-state index contributed by atoms with van der Waals surface area (Å²) < 4.78 is 8.91. The van der Waals surface area contributed by atoms with Crippen molar-refractivity contribution >= 4 is 55.3 Å². The van der Waals surface area contributed by atoms with Gasteiger partial charge in [0.1, 0.15) is 24.0 Å². The van der Waals surface area contributed by atoms with E-state index in [1.807, 2.05) is 67.1 Å². The number of pyridine rings is 3. The molecular formula is C50H34N6O. The van der Waals surface area contributed by atoms with Gasteiger partial charge in [0, 0.05) is 63.7 Å². The fourth-order valence-corrected chi connectivity index (χ4v) is 8.33. The third kappa shape index (κ3) is 5.55. The van der Waals surface area contributed by atoms with Crippen molar-refractivity contribution in [3.05, 3.63) is 195 Å². The summed E-state index contributed by atoms with van der Waals surface area (Å²) >= 11 is 0. The molecule has 270 valence electrons. The summed E-state index contributed by atoms with van der Waals surface area (Å²) in [7, 11) is 0. The molecule has 11 rings (SSSR count). The monoisotopic (exact) mass is 734 g/mol. The van der Waals surface area contributed by atoms with Crippen LogP contribution in [0, 0.1) is 0 Å². The summed E-state index contributed by atoms with van der Waals surface area (Å²) in [5.74, 6) is 2.36. The summed E-state index contributed by atoms with van der Waals surface area (Å²) in [4.78, 5) is 19.2. The summed E-state index contributed by atoms with van der Waals surface area (Å²) in [6.45, 7) is 0.562. The highest BCUT2D eigenvalue weighted by Gasteiger charge is 2.33. The van der Waals surface area contributed by atoms with Gasteiger partial charge in [-0.3, -0.25) is 14.5 Å². The Morgan fingerprint density at radius 1 is 0.439 bits per heavy atom. The average molecular weight is 735 g/mol. The van der Waals surface area contributed by atoms with E-state index in [2.05, 4.69) is 142 Å². The van der Waals surface area contributed by atoms with Crippen molar-refractivity contribution < 1.29 is 4.74 Å². The maximum Gasteiger partial charge on any atom is 0.137 e. The van der Waals surface area contributed by atoms with E-state index in [1.165, 1.54) is 16.2 Å². The largest absolute Gasteiger partial charge is 0.457 e. The predicted molar refractivity (Wildman–Crippen MR) is 231 cm³/mol. The second kappa shape index (κ2) is 13.5. The Kier molecular flexibility index (Phi) is 7.74. The number of rotatable bonds is 7. The average Bonchev–Trinajstić information content (AvgIpc) is 3.83. The lowest BCUT2D eigenvalue weighted by atomic mass is 9.99. The van der Waals surface area contributed by atoms with Crippen molar-refractivity contribution in [2.24, 2.45) is 0 Å². The molecule has 0 fully saturated rings. The van der Waals surface area contributed by atoms with Gasteiger partial charge in [-0.15, -0.1) is 0 Å². The van der Waals surface area contributed by atoms with Crippen LogP contribution >= 0.6 is 0 Å². The Bertz CT molecular complexity index is 3030. The first kappa shape index (κ1) is 32.6. The standard InChI is InChI=1S/C50H34N6O/c1-2-16-38-34(13-1)24-27-46-50(38)55(49-41(43-20-5-8-28-51-43)18-12-19-42(49)44-21-6-9-29-52-44)33-54(46)35-14-11-15-36(31-35)57-37-25-26-40-39-17-3-4-22-45(39)56(47(40)32-37)48-23-7-10-30-53-48/h1-32H,33H2. The molecule has 0 bridgehead atoms. The zero-order valence-corrected chi connectivity index (χ0v) is 30.8. The van der Waals surface area contributed by atoms with Crippen molar-refractivity contribution in [2.45, 2.75) is 0 Å². The van der Waals surface area contributed by atoms with Gasteiger partial charge in [-0.25, -0.2) is 4.98 Å². The maximum absolute atomic E-state index is 6.71. The third-order valence-electron chi connectivity index (χ3n) is 10.8. The predicted octanol–water partition coefficient (Wildman–Crippen LogP) is 12.5. The molecule has 0 N–H and O–H groups in total. The SMILES string of the molecule is c1ccc(-c2cccc(-c3ccccn3)c2N2CN(c3cccc(Oc4ccc5c6ccccc6n(-c6ccccn6)c5c4)c3)c3ccc4ccccc4c32)nc1. The first-order chi connectivity index (χ1) is 28.3. The molecule has 4 aromatic heterocycles. The first-order valence-electron chi connectivity index (χ1n) is 19.0. The van der Waals surface area contributed by atoms with Crippen LogP contribution in [0.25, 0.3) is 60.9 Å². The Morgan fingerprint density at radius 3 is 1.86 bits per heavy atom. The number of hydrogen-bond donors (Lipinski definition) is 0. The minimum atomic E-state index is 0.562. The van der Waals surface area contributed by atoms with Gasteiger partial charge in [0.2, 0.25) is 0 Å². The Labute approximate surface area is 329 Å². The van der Waals surface area contributed by atoms with E-state index in [0.717, 1.165) is 79.0 Å². The molecule has 0 spiro atoms. The zero-order valence-electron chi connectivity index (χ0n) is 30.8. The van der Waals surface area contributed by atoms with Gasteiger partial charge in [0.05, 0.1) is 39.5 Å². The minimum Gasteiger partial charge on any atom is -0.457 e. The van der Waals surface area contributed by atoms with Gasteiger partial charge in [-0.05, 0) is 78.2 Å². The van der Waals surface area contributed by atoms with Crippen molar-refractivity contribution in [3.8, 4) is 39.8 Å². The van der Waals surface area contributed by atoms with E-state index in [-0.39, 0.29) is 0 Å². The van der Waals surface area contributed by atoms with E-state index in [4.69, 9.17) is 19.7 Å². The second-order valence-electron chi connectivity index (χ2n) is 14.1. The van der Waals surface area contributed by atoms with Gasteiger partial charge in [0.25, 0.3) is 0 Å². The van der Waals surface area contributed by atoms with E-state index < -0.39 is 0 Å². The van der Waals surface area contributed by atoms with Gasteiger partial charge in [-0.2, -0.15) is 0 Å². The van der Waals surface area contributed by atoms with Gasteiger partial charge in [-0.1, -0.05) is 91.0 Å². The van der Waals surface area contributed by atoms with E-state index in [9.17, 15) is 0 Å². The van der Waals surface area contributed by atoms with Crippen molar-refractivity contribution in [3.63, 3.8) is 0 Å². The molecule has 7 nitrogen and oxygen atoms in total. The highest BCUT2D eigenvalue weighted by atomic mass is 16.5. The molecule has 0 atom stereocenters. The summed E-state index contributed by atoms with van der Waals surface area (Å²) in [5.41, 5.74) is 10.3. The van der Waals surface area contributed by atoms with Crippen LogP contribution in [-0.4, -0.2) is 26.2 Å². The lowest BCUT2D eigenvalue weighted by Crippen LogP contribution is -2.25. The maximum atomic E-state index is 6.71. The quantitative estimate of drug-likeness (QED) is 0.162.